The number of hydrogen-bond acceptors (Lipinski definition) is 2. The van der Waals surface area contributed by atoms with Crippen LogP contribution in [0.2, 0.25) is 0 Å². The van der Waals surface area contributed by atoms with Crippen molar-refractivity contribution in [2.75, 3.05) is 13.1 Å². The molecule has 0 atom stereocenters. The second-order valence-corrected chi connectivity index (χ2v) is 3.89. The van der Waals surface area contributed by atoms with Gasteiger partial charge in [0.25, 0.3) is 5.91 Å². The quantitative estimate of drug-likeness (QED) is 0.567. The Labute approximate surface area is 108 Å². The zero-order valence-electron chi connectivity index (χ0n) is 10.3. The highest BCUT2D eigenvalue weighted by molar-refractivity contribution is 5.94. The summed E-state index contributed by atoms with van der Waals surface area (Å²) in [4.78, 5) is 13.9. The summed E-state index contributed by atoms with van der Waals surface area (Å²) in [7, 11) is 0. The van der Waals surface area contributed by atoms with E-state index in [1.807, 2.05) is 24.3 Å². The summed E-state index contributed by atoms with van der Waals surface area (Å²) in [6.45, 7) is 8.06. The molecule has 0 aliphatic rings. The van der Waals surface area contributed by atoms with Crippen LogP contribution in [0.3, 0.4) is 0 Å². The molecule has 0 saturated carbocycles. The van der Waals surface area contributed by atoms with E-state index in [0.29, 0.717) is 24.1 Å². The van der Waals surface area contributed by atoms with E-state index >= 15 is 0 Å². The van der Waals surface area contributed by atoms with Gasteiger partial charge in [-0.05, 0) is 18.6 Å². The number of hydrogen-bond donors (Lipinski definition) is 0. The topological polar surface area (TPSA) is 44.1 Å². The van der Waals surface area contributed by atoms with Gasteiger partial charge in [0.15, 0.2) is 0 Å². The normalized spacial score (nSPS) is 9.28. The molecule has 1 aromatic rings. The molecule has 0 N–H and O–H groups in total. The van der Waals surface area contributed by atoms with Crippen molar-refractivity contribution >= 4 is 5.91 Å². The van der Waals surface area contributed by atoms with Gasteiger partial charge in [0.05, 0.1) is 12.6 Å². The minimum absolute atomic E-state index is 0.0890. The molecule has 0 aromatic heterocycles. The molecular formula is C15H16N2O. The van der Waals surface area contributed by atoms with E-state index in [1.54, 1.807) is 23.1 Å². The summed E-state index contributed by atoms with van der Waals surface area (Å²) in [5.74, 6) is -0.0890. The third-order valence-electron chi connectivity index (χ3n) is 2.45. The van der Waals surface area contributed by atoms with Crippen LogP contribution in [0.15, 0.2) is 55.1 Å². The zero-order valence-corrected chi connectivity index (χ0v) is 10.3. The van der Waals surface area contributed by atoms with E-state index in [0.717, 1.165) is 0 Å². The number of rotatable bonds is 6. The molecule has 18 heavy (non-hydrogen) atoms. The van der Waals surface area contributed by atoms with Crippen molar-refractivity contribution in [2.45, 2.75) is 6.42 Å². The van der Waals surface area contributed by atoms with Gasteiger partial charge in [-0.25, -0.2) is 0 Å². The number of carbonyl (C=O) groups is 1. The van der Waals surface area contributed by atoms with Crippen molar-refractivity contribution in [3.63, 3.8) is 0 Å². The molecule has 0 aliphatic heterocycles. The highest BCUT2D eigenvalue weighted by atomic mass is 16.2. The molecular weight excluding hydrogens is 224 g/mol. The van der Waals surface area contributed by atoms with Crippen molar-refractivity contribution in [1.82, 2.24) is 4.90 Å². The Hall–Kier alpha value is -2.34. The average molecular weight is 240 g/mol. The number of benzene rings is 1. The molecule has 3 nitrogen and oxygen atoms in total. The first-order chi connectivity index (χ1) is 8.69. The molecule has 0 saturated heterocycles. The Balaban J connectivity index is 2.82. The fraction of sp³-hybridized carbons (Fsp3) is 0.200. The Bertz CT molecular complexity index is 471. The third kappa shape index (κ3) is 3.91. The van der Waals surface area contributed by atoms with Crippen molar-refractivity contribution in [1.29, 1.82) is 5.26 Å². The van der Waals surface area contributed by atoms with Crippen LogP contribution in [0.4, 0.5) is 0 Å². The predicted molar refractivity (Wildman–Crippen MR) is 71.9 cm³/mol. The Kier molecular flexibility index (Phi) is 5.40. The second-order valence-electron chi connectivity index (χ2n) is 3.89. The van der Waals surface area contributed by atoms with Crippen molar-refractivity contribution in [2.24, 2.45) is 0 Å². The number of nitriles is 1. The van der Waals surface area contributed by atoms with Gasteiger partial charge in [0.1, 0.15) is 0 Å². The summed E-state index contributed by atoms with van der Waals surface area (Å²) >= 11 is 0. The highest BCUT2D eigenvalue weighted by Gasteiger charge is 2.15. The lowest BCUT2D eigenvalue weighted by atomic mass is 10.1. The number of nitrogens with zero attached hydrogens (tertiary/aromatic N) is 2. The van der Waals surface area contributed by atoms with Crippen LogP contribution in [0.5, 0.6) is 0 Å². The van der Waals surface area contributed by atoms with E-state index in [1.165, 1.54) is 0 Å². The summed E-state index contributed by atoms with van der Waals surface area (Å²) < 4.78 is 0. The first kappa shape index (κ1) is 13.7. The van der Waals surface area contributed by atoms with Crippen molar-refractivity contribution in [3.8, 4) is 6.07 Å². The molecule has 0 bridgehead atoms. The van der Waals surface area contributed by atoms with Gasteiger partial charge in [0.2, 0.25) is 0 Å². The molecule has 0 aliphatic carbocycles. The van der Waals surface area contributed by atoms with Gasteiger partial charge >= 0.3 is 0 Å². The van der Waals surface area contributed by atoms with Crippen LogP contribution in [-0.2, 0) is 0 Å². The summed E-state index contributed by atoms with van der Waals surface area (Å²) in [5, 5.41) is 8.75. The Morgan fingerprint density at radius 2 is 2.06 bits per heavy atom. The van der Waals surface area contributed by atoms with E-state index in [-0.39, 0.29) is 12.5 Å². The zero-order chi connectivity index (χ0) is 13.4. The second kappa shape index (κ2) is 7.08. The van der Waals surface area contributed by atoms with Gasteiger partial charge < -0.3 is 4.90 Å². The molecule has 3 heteroatoms. The number of carbonyl (C=O) groups excluding carboxylic acids is 1. The maximum absolute atomic E-state index is 12.2. The van der Waals surface area contributed by atoms with Gasteiger partial charge in [-0.1, -0.05) is 30.9 Å². The standard InChI is InChI=1S/C15H16N2O/c1-3-4-10-17(12-13(2)11-16)15(18)14-8-6-5-7-9-14/h3,5-9H,1-2,4,10,12H2. The van der Waals surface area contributed by atoms with Crippen molar-refractivity contribution < 1.29 is 4.79 Å². The van der Waals surface area contributed by atoms with Gasteiger partial charge in [-0.2, -0.15) is 5.26 Å². The fourth-order valence-electron chi connectivity index (χ4n) is 1.53. The smallest absolute Gasteiger partial charge is 0.254 e. The van der Waals surface area contributed by atoms with Crippen LogP contribution in [-0.4, -0.2) is 23.9 Å². The van der Waals surface area contributed by atoms with E-state index in [9.17, 15) is 4.79 Å². The van der Waals surface area contributed by atoms with E-state index < -0.39 is 0 Å². The SMILES string of the molecule is C=CCCN(CC(=C)C#N)C(=O)c1ccccc1. The average Bonchev–Trinajstić information content (AvgIpc) is 2.43. The first-order valence-corrected chi connectivity index (χ1v) is 5.72. The van der Waals surface area contributed by atoms with Crippen LogP contribution >= 0.6 is 0 Å². The maximum atomic E-state index is 12.2. The molecule has 1 aromatic carbocycles. The number of amides is 1. The Morgan fingerprint density at radius 3 is 2.61 bits per heavy atom. The van der Waals surface area contributed by atoms with Gasteiger partial charge in [0, 0.05) is 17.7 Å². The van der Waals surface area contributed by atoms with E-state index in [4.69, 9.17) is 5.26 Å². The highest BCUT2D eigenvalue weighted by Crippen LogP contribution is 2.07. The van der Waals surface area contributed by atoms with Crippen LogP contribution in [0, 0.1) is 11.3 Å². The molecule has 0 radical (unpaired) electrons. The van der Waals surface area contributed by atoms with Crippen LogP contribution in [0.1, 0.15) is 16.8 Å². The molecule has 0 heterocycles. The molecule has 0 unspecified atom stereocenters. The largest absolute Gasteiger partial charge is 0.333 e. The lowest BCUT2D eigenvalue weighted by molar-refractivity contribution is 0.0774. The molecule has 0 spiro atoms. The fourth-order valence-corrected chi connectivity index (χ4v) is 1.53. The molecule has 1 amide bonds. The summed E-state index contributed by atoms with van der Waals surface area (Å²) in [6, 6.07) is 11.0. The monoisotopic (exact) mass is 240 g/mol. The third-order valence-corrected chi connectivity index (χ3v) is 2.45. The van der Waals surface area contributed by atoms with Crippen LogP contribution in [0.25, 0.3) is 0 Å². The molecule has 1 rings (SSSR count). The lowest BCUT2D eigenvalue weighted by Gasteiger charge is -2.21. The minimum Gasteiger partial charge on any atom is -0.333 e. The summed E-state index contributed by atoms with van der Waals surface area (Å²) in [6.07, 6.45) is 2.44. The van der Waals surface area contributed by atoms with Gasteiger partial charge in [-0.15, -0.1) is 6.58 Å². The summed E-state index contributed by atoms with van der Waals surface area (Å²) in [5.41, 5.74) is 0.996. The maximum Gasteiger partial charge on any atom is 0.254 e. The molecule has 0 fully saturated rings. The van der Waals surface area contributed by atoms with Crippen LogP contribution < -0.4 is 0 Å². The Morgan fingerprint density at radius 1 is 1.39 bits per heavy atom. The first-order valence-electron chi connectivity index (χ1n) is 5.72. The predicted octanol–water partition coefficient (Wildman–Crippen LogP) is 2.78. The van der Waals surface area contributed by atoms with Crippen molar-refractivity contribution in [3.05, 3.63) is 60.7 Å². The van der Waals surface area contributed by atoms with E-state index in [2.05, 4.69) is 13.2 Å². The van der Waals surface area contributed by atoms with Gasteiger partial charge in [-0.3, -0.25) is 4.79 Å². The minimum atomic E-state index is -0.0890. The molecule has 92 valence electrons. The lowest BCUT2D eigenvalue weighted by Crippen LogP contribution is -2.33.